The van der Waals surface area contributed by atoms with Gasteiger partial charge >= 0.3 is 0 Å². The molecular formula is C16H15BrNO5S-. The summed E-state index contributed by atoms with van der Waals surface area (Å²) in [7, 11) is -2.62. The van der Waals surface area contributed by atoms with E-state index in [4.69, 9.17) is 4.74 Å². The molecule has 128 valence electrons. The molecule has 0 heterocycles. The van der Waals surface area contributed by atoms with Crippen molar-refractivity contribution in [3.8, 4) is 5.75 Å². The standard InChI is InChI=1S/C16H16BrNO5S/c1-11-3-5-12(6-4-11)18(10-16(19)20)24(21,22)13-7-8-15(23-2)14(17)9-13/h3-9H,10H2,1-2H3,(H,19,20)/p-1. The molecule has 0 saturated carbocycles. The number of hydrogen-bond donors (Lipinski definition) is 0. The van der Waals surface area contributed by atoms with Crippen molar-refractivity contribution < 1.29 is 23.1 Å². The lowest BCUT2D eigenvalue weighted by molar-refractivity contribution is -0.303. The van der Waals surface area contributed by atoms with Gasteiger partial charge in [0.1, 0.15) is 5.75 Å². The molecule has 0 bridgehead atoms. The lowest BCUT2D eigenvalue weighted by Gasteiger charge is -2.25. The molecule has 8 heteroatoms. The quantitative estimate of drug-likeness (QED) is 0.720. The minimum atomic E-state index is -4.08. The molecule has 0 aliphatic carbocycles. The second-order valence-corrected chi connectivity index (χ2v) is 7.73. The molecule has 0 aromatic heterocycles. The number of nitrogens with zero attached hydrogens (tertiary/aromatic N) is 1. The number of carbonyl (C=O) groups excluding carboxylic acids is 1. The number of aryl methyl sites for hydroxylation is 1. The molecule has 24 heavy (non-hydrogen) atoms. The molecule has 2 rings (SSSR count). The van der Waals surface area contributed by atoms with Crippen LogP contribution in [0.4, 0.5) is 5.69 Å². The number of anilines is 1. The molecule has 2 aromatic carbocycles. The third kappa shape index (κ3) is 3.88. The highest BCUT2D eigenvalue weighted by molar-refractivity contribution is 9.10. The Hall–Kier alpha value is -2.06. The first-order valence-corrected chi connectivity index (χ1v) is 9.12. The van der Waals surface area contributed by atoms with Crippen molar-refractivity contribution >= 4 is 37.6 Å². The first kappa shape index (κ1) is 18.3. The van der Waals surface area contributed by atoms with Gasteiger partial charge in [0.05, 0.1) is 34.7 Å². The lowest BCUT2D eigenvalue weighted by atomic mass is 10.2. The summed E-state index contributed by atoms with van der Waals surface area (Å²) in [5.41, 5.74) is 1.17. The Bertz CT molecular complexity index is 849. The lowest BCUT2D eigenvalue weighted by Crippen LogP contribution is -2.41. The molecule has 0 saturated heterocycles. The highest BCUT2D eigenvalue weighted by Crippen LogP contribution is 2.30. The predicted octanol–water partition coefficient (Wildman–Crippen LogP) is 1.71. The van der Waals surface area contributed by atoms with Gasteiger partial charge in [0.2, 0.25) is 0 Å². The van der Waals surface area contributed by atoms with Crippen LogP contribution in [0.5, 0.6) is 5.75 Å². The zero-order chi connectivity index (χ0) is 17.9. The van der Waals surface area contributed by atoms with Gasteiger partial charge in [-0.15, -0.1) is 0 Å². The first-order valence-electron chi connectivity index (χ1n) is 6.88. The van der Waals surface area contributed by atoms with E-state index in [2.05, 4.69) is 15.9 Å². The average Bonchev–Trinajstić information content (AvgIpc) is 2.53. The number of benzene rings is 2. The van der Waals surface area contributed by atoms with Crippen molar-refractivity contribution in [1.29, 1.82) is 0 Å². The summed E-state index contributed by atoms with van der Waals surface area (Å²) < 4.78 is 32.1. The molecule has 0 aliphatic heterocycles. The van der Waals surface area contributed by atoms with Crippen LogP contribution in [0.25, 0.3) is 0 Å². The number of carbonyl (C=O) groups is 1. The van der Waals surface area contributed by atoms with E-state index < -0.39 is 22.5 Å². The van der Waals surface area contributed by atoms with Crippen LogP contribution in [-0.2, 0) is 14.8 Å². The van der Waals surface area contributed by atoms with Crippen molar-refractivity contribution in [2.24, 2.45) is 0 Å². The van der Waals surface area contributed by atoms with Gasteiger partial charge in [0.25, 0.3) is 10.0 Å². The molecule has 0 spiro atoms. The highest BCUT2D eigenvalue weighted by Gasteiger charge is 2.26. The first-order chi connectivity index (χ1) is 11.3. The fraction of sp³-hybridized carbons (Fsp3) is 0.188. The molecule has 0 aliphatic rings. The van der Waals surface area contributed by atoms with E-state index in [-0.39, 0.29) is 10.6 Å². The van der Waals surface area contributed by atoms with Crippen LogP contribution in [0.2, 0.25) is 0 Å². The minimum Gasteiger partial charge on any atom is -0.548 e. The normalized spacial score (nSPS) is 11.1. The van der Waals surface area contributed by atoms with Crippen molar-refractivity contribution in [3.63, 3.8) is 0 Å². The van der Waals surface area contributed by atoms with E-state index in [0.29, 0.717) is 10.2 Å². The number of sulfonamides is 1. The smallest absolute Gasteiger partial charge is 0.264 e. The van der Waals surface area contributed by atoms with Crippen LogP contribution in [0, 0.1) is 6.92 Å². The summed E-state index contributed by atoms with van der Waals surface area (Å²) in [5.74, 6) is -1.03. The molecule has 0 amide bonds. The zero-order valence-electron chi connectivity index (χ0n) is 13.0. The zero-order valence-corrected chi connectivity index (χ0v) is 15.4. The summed E-state index contributed by atoms with van der Waals surface area (Å²) in [5, 5.41) is 11.0. The molecule has 6 nitrogen and oxygen atoms in total. The maximum atomic E-state index is 12.9. The number of halogens is 1. The van der Waals surface area contributed by atoms with Gasteiger partial charge in [-0.2, -0.15) is 0 Å². The summed E-state index contributed by atoms with van der Waals surface area (Å²) in [6.07, 6.45) is 0. The minimum absolute atomic E-state index is 0.0583. The largest absolute Gasteiger partial charge is 0.548 e. The average molecular weight is 413 g/mol. The van der Waals surface area contributed by atoms with Gasteiger partial charge in [-0.05, 0) is 53.2 Å². The van der Waals surface area contributed by atoms with Crippen LogP contribution < -0.4 is 14.1 Å². The Morgan fingerprint density at radius 1 is 1.21 bits per heavy atom. The number of hydrogen-bond acceptors (Lipinski definition) is 5. The Kier molecular flexibility index (Phi) is 5.51. The van der Waals surface area contributed by atoms with Gasteiger partial charge in [0.15, 0.2) is 0 Å². The van der Waals surface area contributed by atoms with E-state index in [1.807, 2.05) is 6.92 Å². The number of ether oxygens (including phenoxy) is 1. The predicted molar refractivity (Wildman–Crippen MR) is 91.4 cm³/mol. The van der Waals surface area contributed by atoms with Crippen LogP contribution in [0.15, 0.2) is 51.8 Å². The van der Waals surface area contributed by atoms with Gasteiger partial charge in [-0.25, -0.2) is 8.42 Å². The van der Waals surface area contributed by atoms with Crippen molar-refractivity contribution in [3.05, 3.63) is 52.5 Å². The molecule has 0 N–H and O–H groups in total. The molecular weight excluding hydrogens is 398 g/mol. The Labute approximate surface area is 148 Å². The van der Waals surface area contributed by atoms with Crippen LogP contribution in [0.1, 0.15) is 5.56 Å². The summed E-state index contributed by atoms with van der Waals surface area (Å²) >= 11 is 3.23. The van der Waals surface area contributed by atoms with E-state index in [1.165, 1.54) is 25.3 Å². The van der Waals surface area contributed by atoms with E-state index in [0.717, 1.165) is 9.87 Å². The SMILES string of the molecule is COc1ccc(S(=O)(=O)N(CC(=O)[O-])c2ccc(C)cc2)cc1Br. The summed E-state index contributed by atoms with van der Waals surface area (Å²) in [6.45, 7) is 1.07. The van der Waals surface area contributed by atoms with Gasteiger partial charge < -0.3 is 14.6 Å². The van der Waals surface area contributed by atoms with Gasteiger partial charge in [-0.1, -0.05) is 17.7 Å². The second kappa shape index (κ2) is 7.23. The van der Waals surface area contributed by atoms with Gasteiger partial charge in [-0.3, -0.25) is 4.31 Å². The van der Waals surface area contributed by atoms with Crippen molar-refractivity contribution in [1.82, 2.24) is 0 Å². The maximum Gasteiger partial charge on any atom is 0.264 e. The number of carboxylic acids is 1. The Balaban J connectivity index is 2.53. The highest BCUT2D eigenvalue weighted by atomic mass is 79.9. The molecule has 0 unspecified atom stereocenters. The number of rotatable bonds is 6. The van der Waals surface area contributed by atoms with Crippen LogP contribution in [0.3, 0.4) is 0 Å². The number of carboxylic acid groups (broad SMARTS) is 1. The molecule has 0 radical (unpaired) electrons. The maximum absolute atomic E-state index is 12.9. The third-order valence-corrected chi connectivity index (χ3v) is 5.70. The third-order valence-electron chi connectivity index (χ3n) is 3.31. The molecule has 2 aromatic rings. The Morgan fingerprint density at radius 3 is 2.33 bits per heavy atom. The number of methoxy groups -OCH3 is 1. The van der Waals surface area contributed by atoms with Crippen LogP contribution in [-0.4, -0.2) is 28.0 Å². The fourth-order valence-electron chi connectivity index (χ4n) is 2.08. The van der Waals surface area contributed by atoms with Crippen molar-refractivity contribution in [2.45, 2.75) is 11.8 Å². The topological polar surface area (TPSA) is 86.7 Å². The van der Waals surface area contributed by atoms with Crippen molar-refractivity contribution in [2.75, 3.05) is 18.0 Å². The van der Waals surface area contributed by atoms with Crippen LogP contribution >= 0.6 is 15.9 Å². The van der Waals surface area contributed by atoms with E-state index in [9.17, 15) is 18.3 Å². The monoisotopic (exact) mass is 412 g/mol. The van der Waals surface area contributed by atoms with E-state index >= 15 is 0 Å². The van der Waals surface area contributed by atoms with E-state index in [1.54, 1.807) is 24.3 Å². The summed E-state index contributed by atoms with van der Waals surface area (Å²) in [4.78, 5) is 11.0. The Morgan fingerprint density at radius 2 is 1.83 bits per heavy atom. The second-order valence-electron chi connectivity index (χ2n) is 5.02. The molecule has 0 atom stereocenters. The summed E-state index contributed by atoms with van der Waals surface area (Å²) in [6, 6.07) is 10.7. The number of aliphatic carboxylic acids is 1. The van der Waals surface area contributed by atoms with Gasteiger partial charge in [0, 0.05) is 0 Å². The molecule has 0 fully saturated rings. The fourth-order valence-corrected chi connectivity index (χ4v) is 4.21.